The highest BCUT2D eigenvalue weighted by atomic mass is 35.5. The maximum atomic E-state index is 12.7. The molecule has 0 unspecified atom stereocenters. The summed E-state index contributed by atoms with van der Waals surface area (Å²) >= 11 is 12.0. The van der Waals surface area contributed by atoms with Crippen LogP contribution in [0.1, 0.15) is 17.9 Å². The second kappa shape index (κ2) is 10.4. The number of hydrogen-bond acceptors (Lipinski definition) is 5. The van der Waals surface area contributed by atoms with Crippen LogP contribution in [-0.4, -0.2) is 49.2 Å². The molecule has 1 N–H and O–H groups in total. The van der Waals surface area contributed by atoms with Gasteiger partial charge in [0.2, 0.25) is 0 Å². The first-order chi connectivity index (χ1) is 15.9. The molecule has 9 heteroatoms. The summed E-state index contributed by atoms with van der Waals surface area (Å²) in [6.45, 7) is 5.10. The van der Waals surface area contributed by atoms with E-state index in [2.05, 4.69) is 21.3 Å². The molecule has 2 aromatic carbocycles. The normalized spacial score (nSPS) is 14.2. The van der Waals surface area contributed by atoms with Crippen molar-refractivity contribution in [3.63, 3.8) is 0 Å². The number of amides is 2. The molecule has 7 nitrogen and oxygen atoms in total. The van der Waals surface area contributed by atoms with Gasteiger partial charge in [0.1, 0.15) is 5.75 Å². The van der Waals surface area contributed by atoms with E-state index < -0.39 is 0 Å². The second-order valence-electron chi connectivity index (χ2n) is 7.86. The molecular formula is C24H26Cl2N4O3. The zero-order valence-electron chi connectivity index (χ0n) is 18.6. The van der Waals surface area contributed by atoms with Gasteiger partial charge in [0.05, 0.1) is 28.9 Å². The van der Waals surface area contributed by atoms with Gasteiger partial charge in [-0.3, -0.25) is 0 Å². The number of ether oxygens (including phenoxy) is 1. The van der Waals surface area contributed by atoms with Crippen molar-refractivity contribution in [3.8, 4) is 17.1 Å². The fourth-order valence-electron chi connectivity index (χ4n) is 3.88. The van der Waals surface area contributed by atoms with Gasteiger partial charge in [-0.25, -0.2) is 9.78 Å². The summed E-state index contributed by atoms with van der Waals surface area (Å²) in [4.78, 5) is 21.0. The van der Waals surface area contributed by atoms with Crippen LogP contribution < -0.4 is 15.0 Å². The van der Waals surface area contributed by atoms with Gasteiger partial charge in [-0.2, -0.15) is 0 Å². The molecule has 1 aliphatic heterocycles. The number of carbonyl (C=O) groups is 1. The Morgan fingerprint density at radius 3 is 2.70 bits per heavy atom. The van der Waals surface area contributed by atoms with Crippen LogP contribution in [0.25, 0.3) is 11.3 Å². The van der Waals surface area contributed by atoms with Crippen molar-refractivity contribution in [2.45, 2.75) is 19.9 Å². The van der Waals surface area contributed by atoms with E-state index in [0.29, 0.717) is 41.3 Å². The van der Waals surface area contributed by atoms with Crippen molar-refractivity contribution in [2.24, 2.45) is 0 Å². The number of nitrogens with zero attached hydrogens (tertiary/aromatic N) is 3. The molecule has 0 bridgehead atoms. The minimum Gasteiger partial charge on any atom is -0.496 e. The summed E-state index contributed by atoms with van der Waals surface area (Å²) in [5, 5.41) is 3.95. The predicted molar refractivity (Wildman–Crippen MR) is 130 cm³/mol. The molecule has 4 rings (SSSR count). The van der Waals surface area contributed by atoms with Crippen molar-refractivity contribution in [2.75, 3.05) is 38.2 Å². The quantitative estimate of drug-likeness (QED) is 0.521. The number of benzene rings is 2. The highest BCUT2D eigenvalue weighted by Gasteiger charge is 2.20. The third-order valence-electron chi connectivity index (χ3n) is 5.65. The standard InChI is InChI=1S/C24H26Cl2N4O3/c1-16-27-15-23(33-16)19-6-5-18(13-22(19)32-2)29-8-3-9-30(11-10-29)24(31)28-14-17-4-7-20(25)21(26)12-17/h4-7,12-13,15H,3,8-11,14H2,1-2H3,(H,28,31). The number of aryl methyl sites for hydroxylation is 1. The van der Waals surface area contributed by atoms with E-state index in [1.165, 1.54) is 0 Å². The van der Waals surface area contributed by atoms with Gasteiger partial charge >= 0.3 is 6.03 Å². The van der Waals surface area contributed by atoms with Crippen molar-refractivity contribution in [3.05, 3.63) is 64.1 Å². The lowest BCUT2D eigenvalue weighted by molar-refractivity contribution is 0.201. The van der Waals surface area contributed by atoms with Crippen molar-refractivity contribution in [1.29, 1.82) is 0 Å². The second-order valence-corrected chi connectivity index (χ2v) is 8.68. The van der Waals surface area contributed by atoms with Gasteiger partial charge in [-0.1, -0.05) is 29.3 Å². The number of carbonyl (C=O) groups excluding carboxylic acids is 1. The fourth-order valence-corrected chi connectivity index (χ4v) is 4.20. The molecular weight excluding hydrogens is 463 g/mol. The molecule has 0 spiro atoms. The van der Waals surface area contributed by atoms with E-state index in [9.17, 15) is 4.79 Å². The summed E-state index contributed by atoms with van der Waals surface area (Å²) in [6, 6.07) is 11.3. The molecule has 33 heavy (non-hydrogen) atoms. The number of oxazole rings is 1. The Labute approximate surface area is 203 Å². The molecule has 3 aromatic rings. The van der Waals surface area contributed by atoms with Gasteiger partial charge in [-0.15, -0.1) is 0 Å². The van der Waals surface area contributed by atoms with Crippen LogP contribution in [0.5, 0.6) is 5.75 Å². The number of hydrogen-bond donors (Lipinski definition) is 1. The lowest BCUT2D eigenvalue weighted by atomic mass is 10.1. The summed E-state index contributed by atoms with van der Waals surface area (Å²) in [5.74, 6) is 2.02. The average molecular weight is 489 g/mol. The van der Waals surface area contributed by atoms with Crippen molar-refractivity contribution in [1.82, 2.24) is 15.2 Å². The number of methoxy groups -OCH3 is 1. The molecule has 174 valence electrons. The predicted octanol–water partition coefficient (Wildman–Crippen LogP) is 5.39. The molecule has 2 amide bonds. The summed E-state index contributed by atoms with van der Waals surface area (Å²) in [7, 11) is 1.65. The monoisotopic (exact) mass is 488 g/mol. The Morgan fingerprint density at radius 2 is 1.97 bits per heavy atom. The third kappa shape index (κ3) is 5.54. The largest absolute Gasteiger partial charge is 0.496 e. The van der Waals surface area contributed by atoms with Crippen LogP contribution in [0.2, 0.25) is 10.0 Å². The van der Waals surface area contributed by atoms with Gasteiger partial charge < -0.3 is 24.3 Å². The molecule has 1 fully saturated rings. The molecule has 0 aliphatic carbocycles. The van der Waals surface area contributed by atoms with Crippen LogP contribution in [-0.2, 0) is 6.54 Å². The Morgan fingerprint density at radius 1 is 1.12 bits per heavy atom. The Kier molecular flexibility index (Phi) is 7.30. The van der Waals surface area contributed by atoms with Crippen LogP contribution in [0.3, 0.4) is 0 Å². The van der Waals surface area contributed by atoms with Crippen LogP contribution in [0.15, 0.2) is 47.0 Å². The van der Waals surface area contributed by atoms with Gasteiger partial charge in [0.15, 0.2) is 11.7 Å². The lowest BCUT2D eigenvalue weighted by Crippen LogP contribution is -2.41. The summed E-state index contributed by atoms with van der Waals surface area (Å²) in [6.07, 6.45) is 2.57. The van der Waals surface area contributed by atoms with E-state index in [0.717, 1.165) is 42.1 Å². The highest BCUT2D eigenvalue weighted by molar-refractivity contribution is 6.42. The third-order valence-corrected chi connectivity index (χ3v) is 6.39. The number of nitrogens with one attached hydrogen (secondary N) is 1. The van der Waals surface area contributed by atoms with E-state index in [1.54, 1.807) is 25.4 Å². The number of rotatable bonds is 5. The average Bonchev–Trinajstić information content (AvgIpc) is 3.10. The molecule has 1 saturated heterocycles. The van der Waals surface area contributed by atoms with Crippen molar-refractivity contribution >= 4 is 34.9 Å². The lowest BCUT2D eigenvalue weighted by Gasteiger charge is -2.24. The maximum Gasteiger partial charge on any atom is 0.317 e. The fraction of sp³-hybridized carbons (Fsp3) is 0.333. The minimum absolute atomic E-state index is 0.0865. The van der Waals surface area contributed by atoms with Crippen LogP contribution >= 0.6 is 23.2 Å². The molecule has 1 aromatic heterocycles. The van der Waals surface area contributed by atoms with E-state index >= 15 is 0 Å². The van der Waals surface area contributed by atoms with Gasteiger partial charge in [-0.05, 0) is 36.2 Å². The minimum atomic E-state index is -0.0865. The first-order valence-electron chi connectivity index (χ1n) is 10.8. The van der Waals surface area contributed by atoms with Crippen molar-refractivity contribution < 1.29 is 13.9 Å². The molecule has 2 heterocycles. The van der Waals surface area contributed by atoms with Crippen LogP contribution in [0.4, 0.5) is 10.5 Å². The first-order valence-corrected chi connectivity index (χ1v) is 11.5. The number of halogens is 2. The molecule has 1 aliphatic rings. The molecule has 0 saturated carbocycles. The SMILES string of the molecule is COc1cc(N2CCCN(C(=O)NCc3ccc(Cl)c(Cl)c3)CC2)ccc1-c1cnc(C)o1. The highest BCUT2D eigenvalue weighted by Crippen LogP contribution is 2.34. The molecule has 0 radical (unpaired) electrons. The Balaban J connectivity index is 1.38. The van der Waals surface area contributed by atoms with Gasteiger partial charge in [0.25, 0.3) is 0 Å². The van der Waals surface area contributed by atoms with E-state index in [4.69, 9.17) is 32.4 Å². The topological polar surface area (TPSA) is 70.8 Å². The van der Waals surface area contributed by atoms with E-state index in [1.807, 2.05) is 30.0 Å². The molecule has 0 atom stereocenters. The number of anilines is 1. The Hall–Kier alpha value is -2.90. The zero-order valence-corrected chi connectivity index (χ0v) is 20.1. The zero-order chi connectivity index (χ0) is 23.4. The Bertz CT molecular complexity index is 1130. The van der Waals surface area contributed by atoms with Gasteiger partial charge in [0, 0.05) is 51.4 Å². The first kappa shape index (κ1) is 23.3. The van der Waals surface area contributed by atoms with Crippen LogP contribution in [0, 0.1) is 6.92 Å². The van der Waals surface area contributed by atoms with E-state index in [-0.39, 0.29) is 6.03 Å². The summed E-state index contributed by atoms with van der Waals surface area (Å²) < 4.78 is 11.3. The maximum absolute atomic E-state index is 12.7. The summed E-state index contributed by atoms with van der Waals surface area (Å²) in [5.41, 5.74) is 2.81. The number of aromatic nitrogens is 1. The smallest absolute Gasteiger partial charge is 0.317 e. The number of urea groups is 1.